The molecule has 0 atom stereocenters. The number of carbonyl (C=O) groups excluding carboxylic acids is 1. The molecule has 0 saturated carbocycles. The van der Waals surface area contributed by atoms with Crippen molar-refractivity contribution in [3.63, 3.8) is 0 Å². The van der Waals surface area contributed by atoms with E-state index >= 15 is 0 Å². The first kappa shape index (κ1) is 19.9. The van der Waals surface area contributed by atoms with Crippen LogP contribution in [0.1, 0.15) is 54.4 Å². The molecule has 0 aliphatic rings. The van der Waals surface area contributed by atoms with Crippen LogP contribution in [0.3, 0.4) is 0 Å². The van der Waals surface area contributed by atoms with Crippen molar-refractivity contribution in [1.82, 2.24) is 0 Å². The van der Waals surface area contributed by atoms with E-state index in [0.717, 1.165) is 6.42 Å². The molecule has 0 radical (unpaired) electrons. The molecule has 0 aromatic rings. The Morgan fingerprint density at radius 2 is 1.55 bits per heavy atom. The Labute approximate surface area is 126 Å². The lowest BCUT2D eigenvalue weighted by Gasteiger charge is -2.37. The molecule has 6 heteroatoms. The number of carbonyl (C=O) groups is 1. The molecule has 0 bridgehead atoms. The van der Waals surface area contributed by atoms with E-state index in [0.29, 0.717) is 17.9 Å². The maximum Gasteiger partial charge on any atom is 0.276 e. The molecule has 0 heterocycles. The fraction of sp³-hybridized carbons (Fsp3) is 0.929. The lowest BCUT2D eigenvalue weighted by molar-refractivity contribution is -0.123. The van der Waals surface area contributed by atoms with Gasteiger partial charge in [0, 0.05) is 5.41 Å². The summed E-state index contributed by atoms with van der Waals surface area (Å²) in [4.78, 5) is 12.2. The van der Waals surface area contributed by atoms with Crippen molar-refractivity contribution in [1.29, 1.82) is 0 Å². The van der Waals surface area contributed by atoms with Crippen LogP contribution in [0.2, 0.25) is 0 Å². The van der Waals surface area contributed by atoms with Crippen LogP contribution in [0.15, 0.2) is 0 Å². The van der Waals surface area contributed by atoms with Gasteiger partial charge in [-0.1, -0.05) is 48.0 Å². The molecule has 0 aliphatic carbocycles. The first-order valence-electron chi connectivity index (χ1n) is 7.25. The van der Waals surface area contributed by atoms with Crippen molar-refractivity contribution in [3.8, 4) is 0 Å². The van der Waals surface area contributed by atoms with E-state index in [1.54, 1.807) is 0 Å². The van der Waals surface area contributed by atoms with Crippen LogP contribution < -0.4 is 0 Å². The third-order valence-electron chi connectivity index (χ3n) is 3.28. The second-order valence-corrected chi connectivity index (χ2v) is 11.5. The van der Waals surface area contributed by atoms with E-state index in [1.807, 2.05) is 41.5 Å². The minimum Gasteiger partial charge on any atom is -0.298 e. The third-order valence-corrected chi connectivity index (χ3v) is 8.94. The average Bonchev–Trinajstić information content (AvgIpc) is 2.34. The Bertz CT molecular complexity index is 403. The number of unbranched alkanes of at least 4 members (excludes halogenated alkanes) is 1. The number of Topliss-reactive ketones (excluding diaryl/α,β-unsaturated/α-hetero) is 1. The number of hydrogen-bond acceptors (Lipinski definition) is 4. The van der Waals surface area contributed by atoms with Gasteiger partial charge in [-0.25, -0.2) is 3.63 Å². The summed E-state index contributed by atoms with van der Waals surface area (Å²) < 4.78 is 29.6. The van der Waals surface area contributed by atoms with Gasteiger partial charge in [0.05, 0.1) is 11.5 Å². The van der Waals surface area contributed by atoms with Crippen LogP contribution in [0.5, 0.6) is 0 Å². The second kappa shape index (κ2) is 7.80. The van der Waals surface area contributed by atoms with Gasteiger partial charge in [0.2, 0.25) is 0 Å². The zero-order valence-electron chi connectivity index (χ0n) is 13.7. The zero-order valence-corrected chi connectivity index (χ0v) is 15.3. The summed E-state index contributed by atoms with van der Waals surface area (Å²) in [5.41, 5.74) is -0.459. The highest BCUT2D eigenvalue weighted by molar-refractivity contribution is 8.33. The highest BCUT2D eigenvalue weighted by atomic mass is 32.3. The van der Waals surface area contributed by atoms with Gasteiger partial charge in [-0.2, -0.15) is 8.42 Å². The fourth-order valence-electron chi connectivity index (χ4n) is 1.56. The van der Waals surface area contributed by atoms with Gasteiger partial charge in [0.15, 0.2) is 0 Å². The lowest BCUT2D eigenvalue weighted by atomic mass is 9.92. The minimum atomic E-state index is -3.53. The molecular formula is C14H30O4S2. The van der Waals surface area contributed by atoms with Gasteiger partial charge in [-0.3, -0.25) is 4.79 Å². The van der Waals surface area contributed by atoms with Crippen molar-refractivity contribution < 1.29 is 16.8 Å². The molecule has 122 valence electrons. The summed E-state index contributed by atoms with van der Waals surface area (Å²) in [6, 6.07) is 0. The third kappa shape index (κ3) is 6.59. The lowest BCUT2D eigenvalue weighted by Crippen LogP contribution is -2.30. The van der Waals surface area contributed by atoms with Gasteiger partial charge in [-0.05, 0) is 17.9 Å². The molecule has 0 rings (SSSR count). The van der Waals surface area contributed by atoms with Gasteiger partial charge in [0.1, 0.15) is 5.78 Å². The Balaban J connectivity index is 5.08. The van der Waals surface area contributed by atoms with Crippen LogP contribution >= 0.6 is 10.3 Å². The first-order chi connectivity index (χ1) is 9.02. The highest BCUT2D eigenvalue weighted by Gasteiger charge is 2.34. The molecule has 0 unspecified atom stereocenters. The maximum absolute atomic E-state index is 12.2. The topological polar surface area (TPSA) is 60.4 Å². The van der Waals surface area contributed by atoms with Crippen LogP contribution in [0.4, 0.5) is 0 Å². The van der Waals surface area contributed by atoms with Crippen LogP contribution in [0, 0.1) is 5.41 Å². The molecule has 0 aromatic heterocycles. The monoisotopic (exact) mass is 326 g/mol. The molecule has 4 nitrogen and oxygen atoms in total. The van der Waals surface area contributed by atoms with Crippen molar-refractivity contribution in [3.05, 3.63) is 0 Å². The highest BCUT2D eigenvalue weighted by Crippen LogP contribution is 2.51. The largest absolute Gasteiger partial charge is 0.298 e. The molecule has 0 spiro atoms. The van der Waals surface area contributed by atoms with E-state index in [1.165, 1.54) is 0 Å². The minimum absolute atomic E-state index is 0.0436. The second-order valence-electron chi connectivity index (χ2n) is 6.04. The van der Waals surface area contributed by atoms with E-state index in [9.17, 15) is 13.2 Å². The average molecular weight is 327 g/mol. The number of ketones is 1. The SMILES string of the molecule is CCCCS(=O)(=O)OS(CC)(CC)CC(=O)C(C)(C)C. The molecule has 0 aromatic carbocycles. The van der Waals surface area contributed by atoms with Gasteiger partial charge >= 0.3 is 0 Å². The van der Waals surface area contributed by atoms with E-state index in [2.05, 4.69) is 0 Å². The van der Waals surface area contributed by atoms with Crippen molar-refractivity contribution in [2.24, 2.45) is 5.41 Å². The molecule has 20 heavy (non-hydrogen) atoms. The molecule has 0 amide bonds. The van der Waals surface area contributed by atoms with Crippen LogP contribution in [0.25, 0.3) is 0 Å². The first-order valence-corrected chi connectivity index (χ1v) is 10.9. The van der Waals surface area contributed by atoms with Crippen molar-refractivity contribution in [2.45, 2.75) is 54.4 Å². The van der Waals surface area contributed by atoms with Gasteiger partial charge in [-0.15, -0.1) is 10.3 Å². The number of hydrogen-bond donors (Lipinski definition) is 0. The molecular weight excluding hydrogens is 296 g/mol. The van der Waals surface area contributed by atoms with E-state index in [4.69, 9.17) is 3.63 Å². The van der Waals surface area contributed by atoms with Crippen molar-refractivity contribution >= 4 is 26.2 Å². The molecule has 0 N–H and O–H groups in total. The Kier molecular flexibility index (Phi) is 7.77. The molecule has 0 saturated heterocycles. The summed E-state index contributed by atoms with van der Waals surface area (Å²) >= 11 is 0. The predicted molar refractivity (Wildman–Crippen MR) is 87.8 cm³/mol. The van der Waals surface area contributed by atoms with Crippen LogP contribution in [-0.2, 0) is 18.5 Å². The zero-order chi connectivity index (χ0) is 16.0. The summed E-state index contributed by atoms with van der Waals surface area (Å²) in [6.07, 6.45) is 1.41. The summed E-state index contributed by atoms with van der Waals surface area (Å²) in [6.45, 7) is 11.3. The van der Waals surface area contributed by atoms with Gasteiger partial charge < -0.3 is 0 Å². The smallest absolute Gasteiger partial charge is 0.276 e. The number of rotatable bonds is 9. The standard InChI is InChI=1S/C14H30O4S2/c1-7-10-11-20(16,17)18-19(8-2,9-3)12-13(15)14(4,5)6/h7-12H2,1-6H3. The summed E-state index contributed by atoms with van der Waals surface area (Å²) in [5, 5.41) is 0. The quantitative estimate of drug-likeness (QED) is 0.650. The maximum atomic E-state index is 12.2. The van der Waals surface area contributed by atoms with Crippen molar-refractivity contribution in [2.75, 3.05) is 23.0 Å². The van der Waals surface area contributed by atoms with Crippen LogP contribution in [-0.4, -0.2) is 37.2 Å². The molecule has 0 fully saturated rings. The fourth-order valence-corrected chi connectivity index (χ4v) is 6.92. The van der Waals surface area contributed by atoms with Gasteiger partial charge in [0.25, 0.3) is 10.1 Å². The predicted octanol–water partition coefficient (Wildman–Crippen LogP) is 3.51. The Hall–Kier alpha value is -0.0700. The molecule has 0 aliphatic heterocycles. The normalized spacial score (nSPS) is 14.3. The Morgan fingerprint density at radius 1 is 1.05 bits per heavy atom. The van der Waals surface area contributed by atoms with E-state index < -0.39 is 25.8 Å². The Morgan fingerprint density at radius 3 is 1.90 bits per heavy atom. The summed E-state index contributed by atoms with van der Waals surface area (Å²) in [5.74, 6) is 1.53. The summed E-state index contributed by atoms with van der Waals surface area (Å²) in [7, 11) is -5.41. The van der Waals surface area contributed by atoms with E-state index in [-0.39, 0.29) is 17.3 Å².